The molecule has 0 saturated carbocycles. The number of hydrogen-bond acceptors (Lipinski definition) is 3. The molecule has 0 bridgehead atoms. The summed E-state index contributed by atoms with van der Waals surface area (Å²) in [7, 11) is 1.57. The van der Waals surface area contributed by atoms with Crippen molar-refractivity contribution in [2.24, 2.45) is 0 Å². The highest BCUT2D eigenvalue weighted by atomic mass is 35.5. The van der Waals surface area contributed by atoms with Crippen LogP contribution in [-0.2, 0) is 6.54 Å². The third-order valence-electron chi connectivity index (χ3n) is 2.94. The molecule has 0 aromatic heterocycles. The van der Waals surface area contributed by atoms with Crippen LogP contribution in [-0.4, -0.2) is 13.7 Å². The fourth-order valence-electron chi connectivity index (χ4n) is 1.91. The van der Waals surface area contributed by atoms with Crippen molar-refractivity contribution in [1.29, 1.82) is 0 Å². The average Bonchev–Trinajstić information content (AvgIpc) is 2.48. The smallest absolute Gasteiger partial charge is 0.167 e. The molecule has 21 heavy (non-hydrogen) atoms. The van der Waals surface area contributed by atoms with Crippen molar-refractivity contribution < 1.29 is 13.9 Å². The van der Waals surface area contributed by atoms with E-state index in [-0.39, 0.29) is 11.6 Å². The van der Waals surface area contributed by atoms with E-state index < -0.39 is 0 Å². The van der Waals surface area contributed by atoms with Gasteiger partial charge in [-0.2, -0.15) is 0 Å². The quantitative estimate of drug-likeness (QED) is 0.852. The van der Waals surface area contributed by atoms with Gasteiger partial charge in [0.05, 0.1) is 18.7 Å². The van der Waals surface area contributed by atoms with E-state index in [1.807, 2.05) is 19.1 Å². The highest BCUT2D eigenvalue weighted by Gasteiger charge is 2.05. The summed E-state index contributed by atoms with van der Waals surface area (Å²) < 4.78 is 24.0. The maximum atomic E-state index is 13.7. The van der Waals surface area contributed by atoms with Crippen LogP contribution in [0.1, 0.15) is 12.5 Å². The van der Waals surface area contributed by atoms with Gasteiger partial charge >= 0.3 is 0 Å². The third-order valence-corrected chi connectivity index (χ3v) is 3.24. The zero-order chi connectivity index (χ0) is 15.2. The van der Waals surface area contributed by atoms with Gasteiger partial charge in [0.1, 0.15) is 5.75 Å². The number of halogens is 2. The van der Waals surface area contributed by atoms with Gasteiger partial charge < -0.3 is 14.8 Å². The largest absolute Gasteiger partial charge is 0.495 e. The normalized spacial score (nSPS) is 10.3. The van der Waals surface area contributed by atoms with E-state index in [0.717, 1.165) is 5.56 Å². The van der Waals surface area contributed by atoms with Gasteiger partial charge in [0.15, 0.2) is 11.6 Å². The zero-order valence-corrected chi connectivity index (χ0v) is 12.7. The first kappa shape index (κ1) is 15.4. The Hall–Kier alpha value is -1.94. The summed E-state index contributed by atoms with van der Waals surface area (Å²) >= 11 is 6.06. The van der Waals surface area contributed by atoms with Crippen molar-refractivity contribution in [3.63, 3.8) is 0 Å². The van der Waals surface area contributed by atoms with Crippen LogP contribution < -0.4 is 14.8 Å². The summed E-state index contributed by atoms with van der Waals surface area (Å²) in [5.74, 6) is 0.512. The van der Waals surface area contributed by atoms with E-state index >= 15 is 0 Å². The highest BCUT2D eigenvalue weighted by Crippen LogP contribution is 2.26. The maximum absolute atomic E-state index is 13.7. The molecule has 0 saturated heterocycles. The van der Waals surface area contributed by atoms with Gasteiger partial charge in [-0.3, -0.25) is 0 Å². The number of hydrogen-bond donors (Lipinski definition) is 1. The molecule has 0 fully saturated rings. The van der Waals surface area contributed by atoms with Crippen molar-refractivity contribution in [1.82, 2.24) is 0 Å². The predicted molar refractivity (Wildman–Crippen MR) is 82.9 cm³/mol. The molecule has 0 spiro atoms. The first-order valence-electron chi connectivity index (χ1n) is 6.62. The van der Waals surface area contributed by atoms with Crippen LogP contribution in [0.4, 0.5) is 10.1 Å². The van der Waals surface area contributed by atoms with Gasteiger partial charge in [0.2, 0.25) is 0 Å². The van der Waals surface area contributed by atoms with E-state index in [1.165, 1.54) is 6.07 Å². The van der Waals surface area contributed by atoms with Crippen LogP contribution in [0.3, 0.4) is 0 Å². The van der Waals surface area contributed by atoms with Crippen LogP contribution in [0.25, 0.3) is 0 Å². The maximum Gasteiger partial charge on any atom is 0.167 e. The Morgan fingerprint density at radius 3 is 2.52 bits per heavy atom. The highest BCUT2D eigenvalue weighted by molar-refractivity contribution is 6.32. The van der Waals surface area contributed by atoms with Gasteiger partial charge in [-0.05, 0) is 36.8 Å². The van der Waals surface area contributed by atoms with Crippen molar-refractivity contribution in [2.45, 2.75) is 13.5 Å². The third kappa shape index (κ3) is 4.02. The summed E-state index contributed by atoms with van der Waals surface area (Å²) in [5, 5.41) is 3.69. The minimum Gasteiger partial charge on any atom is -0.495 e. The number of nitrogens with one attached hydrogen (secondary N) is 1. The van der Waals surface area contributed by atoms with E-state index in [2.05, 4.69) is 5.32 Å². The standard InChI is InChI=1S/C16H17ClFNO2/c1-3-21-16-7-5-12(9-14(16)18)19-10-11-4-6-15(20-2)13(17)8-11/h4-9,19H,3,10H2,1-2H3. The van der Waals surface area contributed by atoms with Gasteiger partial charge in [0.25, 0.3) is 0 Å². The first-order valence-corrected chi connectivity index (χ1v) is 7.00. The lowest BCUT2D eigenvalue weighted by Crippen LogP contribution is -2.01. The van der Waals surface area contributed by atoms with E-state index in [9.17, 15) is 4.39 Å². The van der Waals surface area contributed by atoms with Gasteiger partial charge in [-0.25, -0.2) is 4.39 Å². The minimum absolute atomic E-state index is 0.260. The van der Waals surface area contributed by atoms with Gasteiger partial charge in [-0.15, -0.1) is 0 Å². The molecule has 5 heteroatoms. The molecule has 2 aromatic rings. The Morgan fingerprint density at radius 2 is 1.90 bits per heavy atom. The first-order chi connectivity index (χ1) is 10.1. The molecule has 2 aromatic carbocycles. The molecule has 0 aliphatic heterocycles. The summed E-state index contributed by atoms with van der Waals surface area (Å²) in [6, 6.07) is 10.3. The second kappa shape index (κ2) is 7.18. The molecular formula is C16H17ClFNO2. The molecule has 0 heterocycles. The van der Waals surface area contributed by atoms with E-state index in [4.69, 9.17) is 21.1 Å². The van der Waals surface area contributed by atoms with Crippen LogP contribution in [0.5, 0.6) is 11.5 Å². The molecule has 0 radical (unpaired) electrons. The molecule has 0 aliphatic rings. The Labute approximate surface area is 128 Å². The van der Waals surface area contributed by atoms with Crippen LogP contribution in [0.2, 0.25) is 5.02 Å². The lowest BCUT2D eigenvalue weighted by molar-refractivity contribution is 0.321. The lowest BCUT2D eigenvalue weighted by atomic mass is 10.2. The second-order valence-corrected chi connectivity index (χ2v) is 4.81. The van der Waals surface area contributed by atoms with Crippen LogP contribution in [0.15, 0.2) is 36.4 Å². The van der Waals surface area contributed by atoms with Crippen molar-refractivity contribution in [3.8, 4) is 11.5 Å². The summed E-state index contributed by atoms with van der Waals surface area (Å²) in [4.78, 5) is 0. The van der Waals surface area contributed by atoms with Crippen LogP contribution >= 0.6 is 11.6 Å². The van der Waals surface area contributed by atoms with Crippen molar-refractivity contribution in [2.75, 3.05) is 19.0 Å². The molecule has 2 rings (SSSR count). The van der Waals surface area contributed by atoms with E-state index in [1.54, 1.807) is 25.3 Å². The fourth-order valence-corrected chi connectivity index (χ4v) is 2.19. The molecule has 112 valence electrons. The Bertz CT molecular complexity index is 619. The summed E-state index contributed by atoms with van der Waals surface area (Å²) in [6.45, 7) is 2.80. The molecular weight excluding hydrogens is 293 g/mol. The number of benzene rings is 2. The molecule has 0 aliphatic carbocycles. The topological polar surface area (TPSA) is 30.5 Å². The van der Waals surface area contributed by atoms with Crippen molar-refractivity contribution in [3.05, 3.63) is 52.8 Å². The molecule has 0 atom stereocenters. The summed E-state index contributed by atoms with van der Waals surface area (Å²) in [6.07, 6.45) is 0. The predicted octanol–water partition coefficient (Wildman–Crippen LogP) is 4.50. The molecule has 1 N–H and O–H groups in total. The SMILES string of the molecule is CCOc1ccc(NCc2ccc(OC)c(Cl)c2)cc1F. The van der Waals surface area contributed by atoms with Gasteiger partial charge in [0, 0.05) is 18.3 Å². The van der Waals surface area contributed by atoms with Crippen molar-refractivity contribution >= 4 is 17.3 Å². The number of rotatable bonds is 6. The molecule has 0 amide bonds. The zero-order valence-electron chi connectivity index (χ0n) is 12.0. The number of methoxy groups -OCH3 is 1. The minimum atomic E-state index is -0.380. The fraction of sp³-hybridized carbons (Fsp3) is 0.250. The summed E-state index contributed by atoms with van der Waals surface area (Å²) in [5.41, 5.74) is 1.66. The number of anilines is 1. The molecule has 0 unspecified atom stereocenters. The Morgan fingerprint density at radius 1 is 1.14 bits per heavy atom. The van der Waals surface area contributed by atoms with E-state index in [0.29, 0.717) is 29.6 Å². The monoisotopic (exact) mass is 309 g/mol. The molecule has 3 nitrogen and oxygen atoms in total. The van der Waals surface area contributed by atoms with Gasteiger partial charge in [-0.1, -0.05) is 17.7 Å². The lowest BCUT2D eigenvalue weighted by Gasteiger charge is -2.10. The Balaban J connectivity index is 2.02. The number of ether oxygens (including phenoxy) is 2. The Kier molecular flexibility index (Phi) is 5.28. The van der Waals surface area contributed by atoms with Crippen LogP contribution in [0, 0.1) is 5.82 Å². The second-order valence-electron chi connectivity index (χ2n) is 4.40. The average molecular weight is 310 g/mol.